The number of methoxy groups -OCH3 is 1. The molecule has 1 aromatic rings. The molecule has 1 aliphatic rings. The molecule has 0 aromatic carbocycles. The number of carbonyl (C=O) groups excluding carboxylic acids is 1. The van der Waals surface area contributed by atoms with Crippen LogP contribution in [0, 0.1) is 0 Å². The number of hydrogen-bond acceptors (Lipinski definition) is 4. The number of pyridine rings is 1. The topological polar surface area (TPSA) is 60.8 Å². The second kappa shape index (κ2) is 6.48. The van der Waals surface area contributed by atoms with E-state index < -0.39 is 5.97 Å². The fourth-order valence-electron chi connectivity index (χ4n) is 2.37. The van der Waals surface area contributed by atoms with Crippen LogP contribution in [-0.4, -0.2) is 29.4 Å². The van der Waals surface area contributed by atoms with Gasteiger partial charge in [0, 0.05) is 18.8 Å². The number of hydrogen-bond donors (Lipinski definition) is 0. The maximum Gasteiger partial charge on any atom is 0.339 e. The Hall–Kier alpha value is -1.88. The van der Waals surface area contributed by atoms with Gasteiger partial charge in [-0.3, -0.25) is 4.79 Å². The molecule has 0 amide bonds. The quantitative estimate of drug-likeness (QED) is 0.460. The third kappa shape index (κ3) is 4.07. The van der Waals surface area contributed by atoms with Crippen LogP contribution in [-0.2, 0) is 16.0 Å². The molecule has 2 rings (SSSR count). The van der Waals surface area contributed by atoms with E-state index in [-0.39, 0.29) is 11.2 Å². The largest absolute Gasteiger partial charge is 0.465 e. The van der Waals surface area contributed by atoms with E-state index in [0.717, 1.165) is 12.8 Å². The number of rotatable bonds is 6. The number of ether oxygens (including phenoxy) is 2. The summed E-state index contributed by atoms with van der Waals surface area (Å²) >= 11 is 0. The molecule has 1 aliphatic heterocycles. The van der Waals surface area contributed by atoms with Gasteiger partial charge in [0.15, 0.2) is 0 Å². The fraction of sp³-hybridized carbons (Fsp3) is 0.529. The highest BCUT2D eigenvalue weighted by molar-refractivity contribution is 5.88. The molecule has 0 spiro atoms. The summed E-state index contributed by atoms with van der Waals surface area (Å²) in [6.07, 6.45) is 5.82. The van der Waals surface area contributed by atoms with E-state index in [2.05, 4.69) is 18.6 Å². The molecule has 0 N–H and O–H groups in total. The van der Waals surface area contributed by atoms with Crippen molar-refractivity contribution in [3.05, 3.63) is 45.9 Å². The van der Waals surface area contributed by atoms with Crippen LogP contribution in [0.3, 0.4) is 0 Å². The zero-order valence-corrected chi connectivity index (χ0v) is 13.6. The van der Waals surface area contributed by atoms with Crippen molar-refractivity contribution in [2.45, 2.75) is 51.9 Å². The lowest BCUT2D eigenvalue weighted by Gasteiger charge is -2.06. The van der Waals surface area contributed by atoms with E-state index in [4.69, 9.17) is 4.74 Å². The van der Waals surface area contributed by atoms with Crippen LogP contribution in [0.2, 0.25) is 0 Å². The smallest absolute Gasteiger partial charge is 0.339 e. The normalized spacial score (nSPS) is 19.8. The Balaban J connectivity index is 1.96. The SMILES string of the molecule is COC(=O)c1ccc(=O)n(CC=C(C)CCC2OC2(C)C)c1. The number of carbonyl (C=O) groups is 1. The molecule has 5 nitrogen and oxygen atoms in total. The van der Waals surface area contributed by atoms with Crippen LogP contribution in [0.5, 0.6) is 0 Å². The first-order valence-electron chi connectivity index (χ1n) is 7.46. The van der Waals surface area contributed by atoms with Crippen molar-refractivity contribution in [2.75, 3.05) is 7.11 Å². The molecular formula is C17H23NO4. The number of aromatic nitrogens is 1. The summed E-state index contributed by atoms with van der Waals surface area (Å²) in [5.41, 5.74) is 1.47. The highest BCUT2D eigenvalue weighted by Gasteiger charge is 2.46. The maximum absolute atomic E-state index is 11.8. The first kappa shape index (κ1) is 16.5. The van der Waals surface area contributed by atoms with E-state index in [1.807, 2.05) is 13.0 Å². The van der Waals surface area contributed by atoms with Crippen molar-refractivity contribution >= 4 is 5.97 Å². The Kier molecular flexibility index (Phi) is 4.86. The van der Waals surface area contributed by atoms with Gasteiger partial charge in [-0.15, -0.1) is 0 Å². The zero-order chi connectivity index (χ0) is 16.3. The summed E-state index contributed by atoms with van der Waals surface area (Å²) in [7, 11) is 1.32. The Labute approximate surface area is 130 Å². The molecule has 22 heavy (non-hydrogen) atoms. The average Bonchev–Trinajstić information content (AvgIpc) is 3.10. The van der Waals surface area contributed by atoms with Gasteiger partial charge >= 0.3 is 5.97 Å². The first-order valence-corrected chi connectivity index (χ1v) is 7.46. The summed E-state index contributed by atoms with van der Waals surface area (Å²) in [6, 6.07) is 2.86. The molecule has 2 heterocycles. The number of epoxide rings is 1. The van der Waals surface area contributed by atoms with Crippen LogP contribution >= 0.6 is 0 Å². The Bertz CT molecular complexity index is 642. The lowest BCUT2D eigenvalue weighted by Crippen LogP contribution is -2.20. The molecule has 1 unspecified atom stereocenters. The standard InChI is InChI=1S/C17H23NO4/c1-12(5-7-14-17(2,3)22-14)9-10-18-11-13(16(20)21-4)6-8-15(18)19/h6,8-9,11,14H,5,7,10H2,1-4H3. The van der Waals surface area contributed by atoms with Crippen molar-refractivity contribution in [1.29, 1.82) is 0 Å². The van der Waals surface area contributed by atoms with Gasteiger partial charge in [0.05, 0.1) is 24.4 Å². The number of esters is 1. The molecule has 0 saturated carbocycles. The lowest BCUT2D eigenvalue weighted by atomic mass is 10.0. The fourth-order valence-corrected chi connectivity index (χ4v) is 2.37. The van der Waals surface area contributed by atoms with E-state index in [0.29, 0.717) is 18.2 Å². The van der Waals surface area contributed by atoms with Gasteiger partial charge in [-0.1, -0.05) is 11.6 Å². The van der Waals surface area contributed by atoms with Gasteiger partial charge in [0.2, 0.25) is 0 Å². The predicted octanol–water partition coefficient (Wildman–Crippen LogP) is 2.54. The molecule has 1 saturated heterocycles. The van der Waals surface area contributed by atoms with Crippen molar-refractivity contribution in [2.24, 2.45) is 0 Å². The minimum Gasteiger partial charge on any atom is -0.465 e. The Morgan fingerprint density at radius 3 is 2.73 bits per heavy atom. The monoisotopic (exact) mass is 305 g/mol. The van der Waals surface area contributed by atoms with E-state index in [9.17, 15) is 9.59 Å². The minimum absolute atomic E-state index is 0.0199. The van der Waals surface area contributed by atoms with Gasteiger partial charge in [-0.05, 0) is 39.7 Å². The van der Waals surface area contributed by atoms with Crippen molar-refractivity contribution in [1.82, 2.24) is 4.57 Å². The summed E-state index contributed by atoms with van der Waals surface area (Å²) in [5, 5.41) is 0. The van der Waals surface area contributed by atoms with E-state index >= 15 is 0 Å². The van der Waals surface area contributed by atoms with Crippen molar-refractivity contribution in [3.8, 4) is 0 Å². The summed E-state index contributed by atoms with van der Waals surface area (Å²) in [4.78, 5) is 23.3. The molecule has 0 bridgehead atoms. The van der Waals surface area contributed by atoms with Crippen LogP contribution in [0.4, 0.5) is 0 Å². The number of nitrogens with zero attached hydrogens (tertiary/aromatic N) is 1. The highest BCUT2D eigenvalue weighted by atomic mass is 16.6. The lowest BCUT2D eigenvalue weighted by molar-refractivity contribution is 0.0599. The van der Waals surface area contributed by atoms with Gasteiger partial charge in [-0.25, -0.2) is 4.79 Å². The van der Waals surface area contributed by atoms with Crippen molar-refractivity contribution < 1.29 is 14.3 Å². The van der Waals surface area contributed by atoms with Crippen LogP contribution < -0.4 is 5.56 Å². The molecule has 120 valence electrons. The van der Waals surface area contributed by atoms with Crippen LogP contribution in [0.1, 0.15) is 44.0 Å². The van der Waals surface area contributed by atoms with E-state index in [1.165, 1.54) is 35.6 Å². The summed E-state index contributed by atoms with van der Waals surface area (Å²) in [6.45, 7) is 6.68. The highest BCUT2D eigenvalue weighted by Crippen LogP contribution is 2.38. The summed E-state index contributed by atoms with van der Waals surface area (Å²) in [5.74, 6) is -0.442. The molecule has 1 fully saturated rings. The van der Waals surface area contributed by atoms with Gasteiger partial charge in [-0.2, -0.15) is 0 Å². The zero-order valence-electron chi connectivity index (χ0n) is 13.6. The third-order valence-electron chi connectivity index (χ3n) is 4.01. The van der Waals surface area contributed by atoms with Crippen LogP contribution in [0.25, 0.3) is 0 Å². The minimum atomic E-state index is -0.442. The molecular weight excluding hydrogens is 282 g/mol. The second-order valence-electron chi connectivity index (χ2n) is 6.20. The summed E-state index contributed by atoms with van der Waals surface area (Å²) < 4.78 is 11.7. The Morgan fingerprint density at radius 2 is 2.14 bits per heavy atom. The van der Waals surface area contributed by atoms with Gasteiger partial charge < -0.3 is 14.0 Å². The first-order chi connectivity index (χ1) is 10.3. The number of allylic oxidation sites excluding steroid dienone is 2. The Morgan fingerprint density at radius 1 is 1.45 bits per heavy atom. The molecule has 0 aliphatic carbocycles. The molecule has 5 heteroatoms. The third-order valence-corrected chi connectivity index (χ3v) is 4.01. The molecule has 1 atom stereocenters. The average molecular weight is 305 g/mol. The van der Waals surface area contributed by atoms with E-state index in [1.54, 1.807) is 0 Å². The van der Waals surface area contributed by atoms with Gasteiger partial charge in [0.25, 0.3) is 5.56 Å². The molecule has 1 aromatic heterocycles. The molecule has 0 radical (unpaired) electrons. The predicted molar refractivity (Wildman–Crippen MR) is 84.0 cm³/mol. The van der Waals surface area contributed by atoms with Crippen LogP contribution in [0.15, 0.2) is 34.8 Å². The second-order valence-corrected chi connectivity index (χ2v) is 6.20. The van der Waals surface area contributed by atoms with Gasteiger partial charge in [0.1, 0.15) is 0 Å². The maximum atomic E-state index is 11.8. The van der Waals surface area contributed by atoms with Crippen molar-refractivity contribution in [3.63, 3.8) is 0 Å².